The van der Waals surface area contributed by atoms with Crippen LogP contribution in [0.3, 0.4) is 0 Å². The van der Waals surface area contributed by atoms with Gasteiger partial charge in [0.15, 0.2) is 0 Å². The van der Waals surface area contributed by atoms with Crippen molar-refractivity contribution in [2.24, 2.45) is 0 Å². The first-order valence-electron chi connectivity index (χ1n) is 6.00. The molecule has 2 aromatic rings. The molecule has 0 aliphatic heterocycles. The Morgan fingerprint density at radius 1 is 1.24 bits per heavy atom. The molecule has 0 saturated carbocycles. The number of pyridine rings is 1. The Hall–Kier alpha value is -1.33. The molecule has 1 heterocycles. The van der Waals surface area contributed by atoms with E-state index in [1.165, 1.54) is 18.3 Å². The number of carbonyl (C=O) groups is 1. The van der Waals surface area contributed by atoms with E-state index in [-0.39, 0.29) is 17.6 Å². The summed E-state index contributed by atoms with van der Waals surface area (Å²) in [5, 5.41) is 13.6. The molecule has 0 aliphatic carbocycles. The van der Waals surface area contributed by atoms with Gasteiger partial charge in [-0.3, -0.25) is 4.79 Å². The summed E-state index contributed by atoms with van der Waals surface area (Å²) in [4.78, 5) is 15.7. The van der Waals surface area contributed by atoms with Crippen LogP contribution in [0.1, 0.15) is 22.0 Å². The zero-order valence-electron chi connectivity index (χ0n) is 10.7. The molecule has 7 heteroatoms. The van der Waals surface area contributed by atoms with E-state index in [2.05, 4.69) is 10.3 Å². The van der Waals surface area contributed by atoms with Crippen LogP contribution in [0, 0.1) is 0 Å². The lowest BCUT2D eigenvalue weighted by Gasteiger charge is -2.15. The maximum Gasteiger partial charge on any atom is 0.251 e. The molecule has 0 aliphatic rings. The number of hydrogen-bond donors (Lipinski definition) is 2. The van der Waals surface area contributed by atoms with Crippen molar-refractivity contribution in [3.8, 4) is 0 Å². The Labute approximate surface area is 136 Å². The molecule has 1 unspecified atom stereocenters. The van der Waals surface area contributed by atoms with Crippen molar-refractivity contribution in [3.05, 3.63) is 62.9 Å². The Morgan fingerprint density at radius 2 is 1.90 bits per heavy atom. The molecule has 1 aromatic heterocycles. The Kier molecular flexibility index (Phi) is 5.42. The van der Waals surface area contributed by atoms with Crippen molar-refractivity contribution in [2.75, 3.05) is 6.54 Å². The molecule has 21 heavy (non-hydrogen) atoms. The molecule has 110 valence electrons. The smallest absolute Gasteiger partial charge is 0.251 e. The van der Waals surface area contributed by atoms with Gasteiger partial charge in [0, 0.05) is 33.9 Å². The van der Waals surface area contributed by atoms with Gasteiger partial charge in [0.25, 0.3) is 5.91 Å². The first-order chi connectivity index (χ1) is 9.99. The highest BCUT2D eigenvalue weighted by atomic mass is 35.5. The number of nitrogens with zero attached hydrogens (tertiary/aromatic N) is 1. The molecular weight excluding hydrogens is 335 g/mol. The van der Waals surface area contributed by atoms with Gasteiger partial charge in [-0.1, -0.05) is 40.9 Å². The van der Waals surface area contributed by atoms with Crippen molar-refractivity contribution in [2.45, 2.75) is 6.10 Å². The molecular formula is C14H11Cl3N2O2. The van der Waals surface area contributed by atoms with Crippen molar-refractivity contribution in [3.63, 3.8) is 0 Å². The summed E-state index contributed by atoms with van der Waals surface area (Å²) < 4.78 is 0. The number of aromatic nitrogens is 1. The fourth-order valence-corrected chi connectivity index (χ4v) is 2.59. The summed E-state index contributed by atoms with van der Waals surface area (Å²) in [6.07, 6.45) is 0.422. The van der Waals surface area contributed by atoms with Crippen LogP contribution >= 0.6 is 34.8 Å². The molecule has 1 aromatic carbocycles. The Balaban J connectivity index is 2.04. The van der Waals surface area contributed by atoms with Crippen LogP contribution in [0.25, 0.3) is 0 Å². The molecule has 2 N–H and O–H groups in total. The highest BCUT2D eigenvalue weighted by Gasteiger charge is 2.16. The molecule has 2 rings (SSSR count). The molecule has 0 spiro atoms. The minimum atomic E-state index is -1.01. The zero-order chi connectivity index (χ0) is 15.4. The summed E-state index contributed by atoms with van der Waals surface area (Å²) in [6, 6.07) is 7.88. The van der Waals surface area contributed by atoms with E-state index < -0.39 is 6.10 Å². The molecule has 0 saturated heterocycles. The second-order valence-corrected chi connectivity index (χ2v) is 5.43. The van der Waals surface area contributed by atoms with E-state index in [4.69, 9.17) is 34.8 Å². The normalized spacial score (nSPS) is 12.0. The third kappa shape index (κ3) is 4.08. The minimum Gasteiger partial charge on any atom is -0.386 e. The van der Waals surface area contributed by atoms with Gasteiger partial charge in [-0.05, 0) is 24.3 Å². The predicted octanol–water partition coefficient (Wildman–Crippen LogP) is 3.51. The second kappa shape index (κ2) is 7.09. The highest BCUT2D eigenvalue weighted by Crippen LogP contribution is 2.29. The first kappa shape index (κ1) is 16.0. The number of aliphatic hydroxyl groups excluding tert-OH is 1. The summed E-state index contributed by atoms with van der Waals surface area (Å²) in [6.45, 7) is -0.0256. The molecule has 0 radical (unpaired) electrons. The summed E-state index contributed by atoms with van der Waals surface area (Å²) in [7, 11) is 0. The maximum absolute atomic E-state index is 11.9. The maximum atomic E-state index is 11.9. The molecule has 1 amide bonds. The number of carbonyl (C=O) groups excluding carboxylic acids is 1. The molecule has 0 bridgehead atoms. The minimum absolute atomic E-state index is 0.0256. The van der Waals surface area contributed by atoms with E-state index >= 15 is 0 Å². The number of halogens is 3. The topological polar surface area (TPSA) is 62.2 Å². The number of hydrogen-bond acceptors (Lipinski definition) is 3. The monoisotopic (exact) mass is 344 g/mol. The van der Waals surface area contributed by atoms with Gasteiger partial charge in [0.2, 0.25) is 0 Å². The van der Waals surface area contributed by atoms with E-state index in [0.717, 1.165) is 0 Å². The second-order valence-electron chi connectivity index (χ2n) is 4.23. The first-order valence-corrected chi connectivity index (χ1v) is 7.14. The number of aliphatic hydroxyl groups is 1. The van der Waals surface area contributed by atoms with Crippen LogP contribution < -0.4 is 5.32 Å². The van der Waals surface area contributed by atoms with E-state index in [1.54, 1.807) is 18.2 Å². The van der Waals surface area contributed by atoms with Gasteiger partial charge >= 0.3 is 0 Å². The lowest BCUT2D eigenvalue weighted by Crippen LogP contribution is -2.28. The van der Waals surface area contributed by atoms with Gasteiger partial charge in [0.1, 0.15) is 5.15 Å². The standard InChI is InChI=1S/C14H11Cl3N2O2/c15-9-2-1-3-10(16)13(9)11(20)7-19-14(21)8-4-5-18-12(17)6-8/h1-6,11,20H,7H2,(H,19,21). The Morgan fingerprint density at radius 3 is 2.52 bits per heavy atom. The van der Waals surface area contributed by atoms with Crippen molar-refractivity contribution >= 4 is 40.7 Å². The van der Waals surface area contributed by atoms with Crippen LogP contribution in [0.15, 0.2) is 36.5 Å². The summed E-state index contributed by atoms with van der Waals surface area (Å²) in [5.74, 6) is -0.374. The van der Waals surface area contributed by atoms with Crippen LogP contribution in [-0.4, -0.2) is 22.5 Å². The van der Waals surface area contributed by atoms with Gasteiger partial charge in [-0.25, -0.2) is 4.98 Å². The molecule has 0 fully saturated rings. The molecule has 1 atom stereocenters. The average Bonchev–Trinajstić information content (AvgIpc) is 2.44. The van der Waals surface area contributed by atoms with Crippen LogP contribution in [-0.2, 0) is 0 Å². The van der Waals surface area contributed by atoms with E-state index in [1.807, 2.05) is 0 Å². The Bertz CT molecular complexity index is 644. The van der Waals surface area contributed by atoms with Crippen molar-refractivity contribution < 1.29 is 9.90 Å². The highest BCUT2D eigenvalue weighted by molar-refractivity contribution is 6.36. The fraction of sp³-hybridized carbons (Fsp3) is 0.143. The average molecular weight is 346 g/mol. The SMILES string of the molecule is O=C(NCC(O)c1c(Cl)cccc1Cl)c1ccnc(Cl)c1. The van der Waals surface area contributed by atoms with E-state index in [9.17, 15) is 9.90 Å². The number of rotatable bonds is 4. The van der Waals surface area contributed by atoms with Gasteiger partial charge < -0.3 is 10.4 Å². The van der Waals surface area contributed by atoms with Crippen LogP contribution in [0.2, 0.25) is 15.2 Å². The lowest BCUT2D eigenvalue weighted by molar-refractivity contribution is 0.0916. The van der Waals surface area contributed by atoms with Gasteiger partial charge in [-0.2, -0.15) is 0 Å². The van der Waals surface area contributed by atoms with Gasteiger partial charge in [-0.15, -0.1) is 0 Å². The van der Waals surface area contributed by atoms with Crippen LogP contribution in [0.4, 0.5) is 0 Å². The quantitative estimate of drug-likeness (QED) is 0.834. The number of amides is 1. The van der Waals surface area contributed by atoms with Crippen molar-refractivity contribution in [1.29, 1.82) is 0 Å². The zero-order valence-corrected chi connectivity index (χ0v) is 13.0. The predicted molar refractivity (Wildman–Crippen MR) is 83.0 cm³/mol. The number of nitrogens with one attached hydrogen (secondary N) is 1. The van der Waals surface area contributed by atoms with Crippen molar-refractivity contribution in [1.82, 2.24) is 10.3 Å². The third-order valence-corrected chi connectivity index (χ3v) is 3.64. The largest absolute Gasteiger partial charge is 0.386 e. The van der Waals surface area contributed by atoms with E-state index in [0.29, 0.717) is 21.2 Å². The molecule has 4 nitrogen and oxygen atoms in total. The lowest BCUT2D eigenvalue weighted by atomic mass is 10.1. The number of benzene rings is 1. The summed E-state index contributed by atoms with van der Waals surface area (Å²) in [5.41, 5.74) is 0.737. The summed E-state index contributed by atoms with van der Waals surface area (Å²) >= 11 is 17.7. The third-order valence-electron chi connectivity index (χ3n) is 2.78. The van der Waals surface area contributed by atoms with Crippen LogP contribution in [0.5, 0.6) is 0 Å². The van der Waals surface area contributed by atoms with Gasteiger partial charge in [0.05, 0.1) is 6.10 Å². The fourth-order valence-electron chi connectivity index (χ4n) is 1.77.